The molecule has 2 aliphatic heterocycles. The predicted octanol–water partition coefficient (Wildman–Crippen LogP) is 4.07. The molecule has 2 fully saturated rings. The minimum Gasteiger partial charge on any atom is -0.294 e. The van der Waals surface area contributed by atoms with Gasteiger partial charge in [-0.05, 0) is 37.2 Å². The summed E-state index contributed by atoms with van der Waals surface area (Å²) in [6.45, 7) is 4.27. The van der Waals surface area contributed by atoms with Crippen LogP contribution in [-0.2, 0) is 10.8 Å². The zero-order valence-electron chi connectivity index (χ0n) is 12.9. The Labute approximate surface area is 129 Å². The van der Waals surface area contributed by atoms with Gasteiger partial charge in [-0.3, -0.25) is 9.00 Å². The highest BCUT2D eigenvalue weighted by Gasteiger charge is 2.40. The molecule has 114 valence electrons. The van der Waals surface area contributed by atoms with Crippen molar-refractivity contribution in [3.05, 3.63) is 35.4 Å². The van der Waals surface area contributed by atoms with Crippen LogP contribution in [0.2, 0.25) is 0 Å². The standard InChI is InChI=1S/C18H24O2S/c1-12(2)16-8-3-4-9-17(16)18(19)13-10-14-6-5-7-15(11-13)21(14)20/h3-4,8-9,12-15H,5-7,10-11H2,1-2H3. The number of hydrogen-bond donors (Lipinski definition) is 0. The Balaban J connectivity index is 1.85. The van der Waals surface area contributed by atoms with Crippen LogP contribution in [0.15, 0.2) is 24.3 Å². The first kappa shape index (κ1) is 15.0. The Bertz CT molecular complexity index is 548. The quantitative estimate of drug-likeness (QED) is 0.789. The number of carbonyl (C=O) groups is 1. The van der Waals surface area contributed by atoms with Gasteiger partial charge in [-0.15, -0.1) is 0 Å². The van der Waals surface area contributed by atoms with Gasteiger partial charge in [0.25, 0.3) is 0 Å². The SMILES string of the molecule is CC(C)c1ccccc1C(=O)C1CC2CCCC(C1)S2=O. The molecule has 1 aromatic carbocycles. The molecule has 2 aliphatic rings. The highest BCUT2D eigenvalue weighted by Crippen LogP contribution is 2.38. The number of Topliss-reactive ketones (excluding diaryl/α,β-unsaturated/α-hetero) is 1. The fourth-order valence-corrected chi connectivity index (χ4v) is 6.08. The largest absolute Gasteiger partial charge is 0.294 e. The average Bonchev–Trinajstić information content (AvgIpc) is 2.46. The molecule has 1 aromatic rings. The minimum absolute atomic E-state index is 0.0814. The van der Waals surface area contributed by atoms with Crippen molar-refractivity contribution < 1.29 is 9.00 Å². The second-order valence-electron chi connectivity index (χ2n) is 6.78. The fourth-order valence-electron chi connectivity index (χ4n) is 3.89. The van der Waals surface area contributed by atoms with Crippen LogP contribution in [0.5, 0.6) is 0 Å². The summed E-state index contributed by atoms with van der Waals surface area (Å²) in [4.78, 5) is 13.0. The maximum atomic E-state index is 13.0. The molecule has 3 rings (SSSR count). The van der Waals surface area contributed by atoms with Crippen LogP contribution < -0.4 is 0 Å². The van der Waals surface area contributed by atoms with Crippen LogP contribution in [0, 0.1) is 5.92 Å². The van der Waals surface area contributed by atoms with E-state index in [1.807, 2.05) is 18.2 Å². The number of ketones is 1. The molecule has 0 aromatic heterocycles. The summed E-state index contributed by atoms with van der Waals surface area (Å²) in [5.41, 5.74) is 2.04. The monoisotopic (exact) mass is 304 g/mol. The third kappa shape index (κ3) is 2.85. The van der Waals surface area contributed by atoms with E-state index in [1.165, 1.54) is 6.42 Å². The van der Waals surface area contributed by atoms with Crippen LogP contribution in [-0.4, -0.2) is 20.5 Å². The Hall–Kier alpha value is -0.960. The normalized spacial score (nSPS) is 32.1. The number of hydrogen-bond acceptors (Lipinski definition) is 2. The second kappa shape index (κ2) is 6.04. The molecule has 2 atom stereocenters. The van der Waals surface area contributed by atoms with E-state index in [2.05, 4.69) is 19.9 Å². The van der Waals surface area contributed by atoms with Crippen molar-refractivity contribution in [1.29, 1.82) is 0 Å². The summed E-state index contributed by atoms with van der Waals surface area (Å²) in [7, 11) is -0.696. The first-order valence-corrected chi connectivity index (χ1v) is 9.38. The van der Waals surface area contributed by atoms with Gasteiger partial charge in [0.15, 0.2) is 5.78 Å². The third-order valence-electron chi connectivity index (χ3n) is 5.02. The summed E-state index contributed by atoms with van der Waals surface area (Å²) < 4.78 is 12.3. The van der Waals surface area contributed by atoms with E-state index in [0.717, 1.165) is 36.8 Å². The molecular formula is C18H24O2S. The highest BCUT2D eigenvalue weighted by molar-refractivity contribution is 7.86. The van der Waals surface area contributed by atoms with Crippen molar-refractivity contribution in [1.82, 2.24) is 0 Å². The number of benzene rings is 1. The highest BCUT2D eigenvalue weighted by atomic mass is 32.2. The van der Waals surface area contributed by atoms with E-state index in [1.54, 1.807) is 0 Å². The molecule has 3 heteroatoms. The van der Waals surface area contributed by atoms with Gasteiger partial charge < -0.3 is 0 Å². The molecule has 0 radical (unpaired) electrons. The molecule has 0 amide bonds. The molecule has 2 bridgehead atoms. The van der Waals surface area contributed by atoms with Gasteiger partial charge in [-0.25, -0.2) is 0 Å². The van der Waals surface area contributed by atoms with E-state index in [4.69, 9.17) is 0 Å². The summed E-state index contributed by atoms with van der Waals surface area (Å²) in [6.07, 6.45) is 4.92. The summed E-state index contributed by atoms with van der Waals surface area (Å²) >= 11 is 0. The van der Waals surface area contributed by atoms with Crippen LogP contribution >= 0.6 is 0 Å². The third-order valence-corrected chi connectivity index (χ3v) is 7.19. The summed E-state index contributed by atoms with van der Waals surface area (Å²) in [5.74, 6) is 0.730. The molecule has 0 saturated carbocycles. The van der Waals surface area contributed by atoms with Gasteiger partial charge in [0.1, 0.15) is 0 Å². The van der Waals surface area contributed by atoms with Gasteiger partial charge in [-0.2, -0.15) is 0 Å². The predicted molar refractivity (Wildman–Crippen MR) is 87.2 cm³/mol. The average molecular weight is 304 g/mol. The fraction of sp³-hybridized carbons (Fsp3) is 0.611. The molecular weight excluding hydrogens is 280 g/mol. The van der Waals surface area contributed by atoms with Crippen LogP contribution in [0.25, 0.3) is 0 Å². The van der Waals surface area contributed by atoms with Crippen molar-refractivity contribution >= 4 is 16.6 Å². The lowest BCUT2D eigenvalue weighted by atomic mass is 9.82. The van der Waals surface area contributed by atoms with E-state index < -0.39 is 10.8 Å². The van der Waals surface area contributed by atoms with Crippen molar-refractivity contribution in [3.63, 3.8) is 0 Å². The maximum Gasteiger partial charge on any atom is 0.166 e. The molecule has 0 aliphatic carbocycles. The van der Waals surface area contributed by atoms with Gasteiger partial charge in [0.2, 0.25) is 0 Å². The zero-order chi connectivity index (χ0) is 15.0. The molecule has 2 saturated heterocycles. The van der Waals surface area contributed by atoms with Crippen LogP contribution in [0.1, 0.15) is 67.8 Å². The lowest BCUT2D eigenvalue weighted by molar-refractivity contribution is 0.0894. The number of rotatable bonds is 3. The zero-order valence-corrected chi connectivity index (χ0v) is 13.7. The van der Waals surface area contributed by atoms with Crippen molar-refractivity contribution in [2.24, 2.45) is 5.92 Å². The van der Waals surface area contributed by atoms with Gasteiger partial charge in [0.05, 0.1) is 0 Å². The maximum absolute atomic E-state index is 13.0. The second-order valence-corrected chi connectivity index (χ2v) is 8.77. The Kier molecular flexibility index (Phi) is 4.30. The number of carbonyl (C=O) groups excluding carboxylic acids is 1. The Morgan fingerprint density at radius 2 is 1.76 bits per heavy atom. The summed E-state index contributed by atoms with van der Waals surface area (Å²) in [6, 6.07) is 8.01. The van der Waals surface area contributed by atoms with Gasteiger partial charge in [0, 0.05) is 32.8 Å². The first-order valence-electron chi connectivity index (χ1n) is 8.10. The topological polar surface area (TPSA) is 34.1 Å². The molecule has 0 N–H and O–H groups in total. The minimum atomic E-state index is -0.696. The van der Waals surface area contributed by atoms with Gasteiger partial charge in [-0.1, -0.05) is 44.5 Å². The summed E-state index contributed by atoms with van der Waals surface area (Å²) in [5, 5.41) is 0.523. The van der Waals surface area contributed by atoms with E-state index in [0.29, 0.717) is 5.92 Å². The molecule has 21 heavy (non-hydrogen) atoms. The van der Waals surface area contributed by atoms with Crippen molar-refractivity contribution in [2.75, 3.05) is 0 Å². The lowest BCUT2D eigenvalue weighted by Gasteiger charge is -2.37. The lowest BCUT2D eigenvalue weighted by Crippen LogP contribution is -2.41. The molecule has 2 nitrogen and oxygen atoms in total. The molecule has 2 heterocycles. The smallest absolute Gasteiger partial charge is 0.166 e. The first-order chi connectivity index (χ1) is 10.1. The Morgan fingerprint density at radius 1 is 1.14 bits per heavy atom. The van der Waals surface area contributed by atoms with Crippen LogP contribution in [0.3, 0.4) is 0 Å². The van der Waals surface area contributed by atoms with E-state index >= 15 is 0 Å². The molecule has 0 spiro atoms. The van der Waals surface area contributed by atoms with Crippen LogP contribution in [0.4, 0.5) is 0 Å². The Morgan fingerprint density at radius 3 is 2.38 bits per heavy atom. The molecule has 2 unspecified atom stereocenters. The van der Waals surface area contributed by atoms with Crippen molar-refractivity contribution in [2.45, 2.75) is 62.4 Å². The number of fused-ring (bicyclic) bond motifs is 2. The van der Waals surface area contributed by atoms with E-state index in [9.17, 15) is 9.00 Å². The van der Waals surface area contributed by atoms with Crippen molar-refractivity contribution in [3.8, 4) is 0 Å². The van der Waals surface area contributed by atoms with E-state index in [-0.39, 0.29) is 22.2 Å². The van der Waals surface area contributed by atoms with Gasteiger partial charge >= 0.3 is 0 Å².